The molecule has 5 aliphatic carbocycles. The summed E-state index contributed by atoms with van der Waals surface area (Å²) in [5.41, 5.74) is 0.703. The van der Waals surface area contributed by atoms with Gasteiger partial charge in [-0.1, -0.05) is 77.4 Å². The van der Waals surface area contributed by atoms with E-state index in [1.165, 1.54) is 5.57 Å². The van der Waals surface area contributed by atoms with Crippen molar-refractivity contribution in [3.63, 3.8) is 0 Å². The topological polar surface area (TPSA) is 122 Å². The van der Waals surface area contributed by atoms with Gasteiger partial charge in [-0.15, -0.1) is 0 Å². The summed E-state index contributed by atoms with van der Waals surface area (Å²) < 4.78 is 11.8. The first-order chi connectivity index (χ1) is 23.4. The minimum Gasteiger partial charge on any atom is -0.481 e. The zero-order valence-electron chi connectivity index (χ0n) is 31.5. The van der Waals surface area contributed by atoms with Crippen LogP contribution in [0.5, 0.6) is 0 Å². The van der Waals surface area contributed by atoms with Crippen LogP contribution < -0.4 is 5.32 Å². The number of esters is 1. The largest absolute Gasteiger partial charge is 0.481 e. The van der Waals surface area contributed by atoms with E-state index in [-0.39, 0.29) is 89.0 Å². The van der Waals surface area contributed by atoms with Gasteiger partial charge in [-0.2, -0.15) is 0 Å². The fourth-order valence-corrected chi connectivity index (χ4v) is 12.1. The number of carboxylic acids is 1. The molecule has 50 heavy (non-hydrogen) atoms. The van der Waals surface area contributed by atoms with Crippen molar-refractivity contribution in [1.82, 2.24) is 5.32 Å². The predicted octanol–water partition coefficient (Wildman–Crippen LogP) is 7.13. The second kappa shape index (κ2) is 13.1. The van der Waals surface area contributed by atoms with Gasteiger partial charge in [-0.05, 0) is 115 Å². The van der Waals surface area contributed by atoms with Gasteiger partial charge in [0.05, 0.1) is 30.8 Å². The Morgan fingerprint density at radius 1 is 0.940 bits per heavy atom. The van der Waals surface area contributed by atoms with Crippen molar-refractivity contribution in [2.75, 3.05) is 19.7 Å². The van der Waals surface area contributed by atoms with Crippen molar-refractivity contribution in [1.29, 1.82) is 0 Å². The van der Waals surface area contributed by atoms with Crippen molar-refractivity contribution in [2.45, 2.75) is 125 Å². The van der Waals surface area contributed by atoms with Gasteiger partial charge in [0, 0.05) is 12.5 Å². The van der Waals surface area contributed by atoms with E-state index in [1.54, 1.807) is 0 Å². The van der Waals surface area contributed by atoms with Crippen LogP contribution >= 0.6 is 0 Å². The SMILES string of the molecule is CC1(C(=O)O)CCC2(C)CCC3(C)C(=CC(=O)C4C5(C)CCC(OCC(O)CNCC(=O)OCc6ccccc6)C(C)(C)C5CCC43C)C2C1. The number of fused-ring (bicyclic) bond motifs is 7. The summed E-state index contributed by atoms with van der Waals surface area (Å²) in [6, 6.07) is 9.54. The zero-order chi connectivity index (χ0) is 36.3. The molecule has 8 nitrogen and oxygen atoms in total. The monoisotopic (exact) mass is 691 g/mol. The molecule has 8 heteroatoms. The number of carbonyl (C=O) groups is 3. The Morgan fingerprint density at radius 3 is 2.34 bits per heavy atom. The highest BCUT2D eigenvalue weighted by molar-refractivity contribution is 5.95. The van der Waals surface area contributed by atoms with Crippen LogP contribution in [0.25, 0.3) is 0 Å². The molecule has 0 aliphatic heterocycles. The van der Waals surface area contributed by atoms with Gasteiger partial charge >= 0.3 is 11.9 Å². The number of nitrogens with one attached hydrogen (secondary N) is 1. The molecule has 0 saturated heterocycles. The highest BCUT2D eigenvalue weighted by atomic mass is 16.5. The number of hydrogen-bond acceptors (Lipinski definition) is 7. The first-order valence-corrected chi connectivity index (χ1v) is 19.1. The van der Waals surface area contributed by atoms with Crippen LogP contribution in [0.15, 0.2) is 42.0 Å². The quantitative estimate of drug-likeness (QED) is 0.222. The standard InChI is InChI=1S/C42H61NO7/c1-37(2)32-13-16-42(7)35(31(45)21-29-30-22-39(4,36(47)48)18-17-38(30,3)19-20-41(29,42)6)40(32,5)15-14-33(37)49-26-28(44)23-43-24-34(46)50-25-27-11-9-8-10-12-27/h8-12,21,28,30,32-33,35,43-44H,13-20,22-26H2,1-7H3,(H,47,48). The first kappa shape index (κ1) is 37.2. The number of carbonyl (C=O) groups excluding carboxylic acids is 2. The van der Waals surface area contributed by atoms with Crippen molar-refractivity contribution in [2.24, 2.45) is 50.2 Å². The molecule has 0 aromatic heterocycles. The molecule has 4 fully saturated rings. The number of benzene rings is 1. The van der Waals surface area contributed by atoms with E-state index in [0.717, 1.165) is 50.5 Å². The van der Waals surface area contributed by atoms with Crippen molar-refractivity contribution in [3.05, 3.63) is 47.5 Å². The van der Waals surface area contributed by atoms with Crippen LogP contribution in [0, 0.1) is 50.2 Å². The van der Waals surface area contributed by atoms with Gasteiger partial charge in [0.15, 0.2) is 5.78 Å². The second-order valence-electron chi connectivity index (χ2n) is 18.7. The van der Waals surface area contributed by atoms with Crippen molar-refractivity contribution >= 4 is 17.7 Å². The fraction of sp³-hybridized carbons (Fsp3) is 0.738. The molecule has 0 amide bonds. The Morgan fingerprint density at radius 2 is 1.64 bits per heavy atom. The average Bonchev–Trinajstić information content (AvgIpc) is 3.05. The highest BCUT2D eigenvalue weighted by Crippen LogP contribution is 2.75. The lowest BCUT2D eigenvalue weighted by Crippen LogP contribution is -2.66. The Labute approximate surface area is 299 Å². The number of allylic oxidation sites excluding steroid dienone is 2. The smallest absolute Gasteiger partial charge is 0.320 e. The lowest BCUT2D eigenvalue weighted by Gasteiger charge is -2.70. The third-order valence-electron chi connectivity index (χ3n) is 15.4. The Kier molecular flexibility index (Phi) is 9.78. The molecule has 1 aromatic rings. The highest BCUT2D eigenvalue weighted by Gasteiger charge is 2.70. The van der Waals surface area contributed by atoms with Gasteiger partial charge in [0.1, 0.15) is 6.61 Å². The molecule has 6 rings (SSSR count). The maximum Gasteiger partial charge on any atom is 0.320 e. The summed E-state index contributed by atoms with van der Waals surface area (Å²) in [6.07, 6.45) is 9.19. The van der Waals surface area contributed by atoms with Crippen LogP contribution in [0.1, 0.15) is 112 Å². The minimum atomic E-state index is -0.765. The van der Waals surface area contributed by atoms with Crippen LogP contribution in [0.4, 0.5) is 0 Å². The van der Waals surface area contributed by atoms with Crippen LogP contribution in [-0.4, -0.2) is 59.8 Å². The lowest BCUT2D eigenvalue weighted by atomic mass is 9.33. The van der Waals surface area contributed by atoms with Gasteiger partial charge in [0.2, 0.25) is 0 Å². The molecule has 0 radical (unpaired) electrons. The molecule has 5 aliphatic rings. The molecule has 3 N–H and O–H groups in total. The van der Waals surface area contributed by atoms with Crippen molar-refractivity contribution < 1.29 is 34.1 Å². The maximum atomic E-state index is 14.6. The first-order valence-electron chi connectivity index (χ1n) is 19.1. The summed E-state index contributed by atoms with van der Waals surface area (Å²) in [6.45, 7) is 16.6. The lowest BCUT2D eigenvalue weighted by molar-refractivity contribution is -0.211. The summed E-state index contributed by atoms with van der Waals surface area (Å²) >= 11 is 0. The Hall–Kier alpha value is -2.55. The fourth-order valence-electron chi connectivity index (χ4n) is 12.1. The van der Waals surface area contributed by atoms with Crippen molar-refractivity contribution in [3.8, 4) is 0 Å². The molecule has 4 saturated carbocycles. The summed E-state index contributed by atoms with van der Waals surface area (Å²) in [5.74, 6) is -0.536. The van der Waals surface area contributed by atoms with Gasteiger partial charge < -0.3 is 25.0 Å². The molecular formula is C42H61NO7. The maximum absolute atomic E-state index is 14.6. The van der Waals surface area contributed by atoms with E-state index >= 15 is 0 Å². The van der Waals surface area contributed by atoms with Gasteiger partial charge in [0.25, 0.3) is 0 Å². The Bertz CT molecular complexity index is 1510. The second-order valence-corrected chi connectivity index (χ2v) is 18.7. The van der Waals surface area contributed by atoms with Crippen LogP contribution in [0.2, 0.25) is 0 Å². The number of hydrogen-bond donors (Lipinski definition) is 3. The Balaban J connectivity index is 1.11. The van der Waals surface area contributed by atoms with E-state index in [4.69, 9.17) is 9.47 Å². The van der Waals surface area contributed by atoms with E-state index in [2.05, 4.69) is 46.9 Å². The number of ketones is 1. The number of rotatable bonds is 10. The molecule has 276 valence electrons. The normalized spacial score (nSPS) is 41.0. The van der Waals surface area contributed by atoms with Gasteiger partial charge in [-0.25, -0.2) is 0 Å². The number of aliphatic hydroxyl groups excluding tert-OH is 1. The van der Waals surface area contributed by atoms with Gasteiger partial charge in [-0.3, -0.25) is 14.4 Å². The summed E-state index contributed by atoms with van der Waals surface area (Å²) in [4.78, 5) is 39.2. The van der Waals surface area contributed by atoms with Crippen LogP contribution in [0.3, 0.4) is 0 Å². The molecule has 0 heterocycles. The number of aliphatic carboxylic acids is 1. The summed E-state index contributed by atoms with van der Waals surface area (Å²) in [7, 11) is 0. The molecule has 10 unspecified atom stereocenters. The van der Waals surface area contributed by atoms with E-state index in [1.807, 2.05) is 43.3 Å². The van der Waals surface area contributed by atoms with E-state index in [0.29, 0.717) is 12.8 Å². The van der Waals surface area contributed by atoms with E-state index in [9.17, 15) is 24.6 Å². The minimum absolute atomic E-state index is 0.0152. The summed E-state index contributed by atoms with van der Waals surface area (Å²) in [5, 5.41) is 24.0. The van der Waals surface area contributed by atoms with E-state index < -0.39 is 17.5 Å². The third-order valence-corrected chi connectivity index (χ3v) is 15.4. The molecule has 10 atom stereocenters. The molecule has 0 spiro atoms. The third kappa shape index (κ3) is 6.09. The molecular weight excluding hydrogens is 630 g/mol. The molecule has 0 bridgehead atoms. The number of ether oxygens (including phenoxy) is 2. The van der Waals surface area contributed by atoms with Crippen LogP contribution in [-0.2, 0) is 30.5 Å². The number of carboxylic acid groups (broad SMARTS) is 1. The predicted molar refractivity (Wildman–Crippen MR) is 192 cm³/mol. The number of aliphatic hydroxyl groups is 1. The molecule has 1 aromatic carbocycles. The average molecular weight is 692 g/mol. The zero-order valence-corrected chi connectivity index (χ0v) is 31.5.